The Kier molecular flexibility index (Phi) is 6.99. The number of carboxylic acids is 1. The lowest BCUT2D eigenvalue weighted by Crippen LogP contribution is -2.54. The number of carboxylic acid groups (broad SMARTS) is 1. The van der Waals surface area contributed by atoms with E-state index in [0.717, 1.165) is 32.2 Å². The van der Waals surface area contributed by atoms with E-state index in [1.165, 1.54) is 4.90 Å². The number of carbonyl (C=O) groups is 3. The Morgan fingerprint density at radius 1 is 1.25 bits per heavy atom. The summed E-state index contributed by atoms with van der Waals surface area (Å²) in [6.45, 7) is 1.76. The van der Waals surface area contributed by atoms with Gasteiger partial charge in [-0.3, -0.25) is 9.59 Å². The number of hydrogen-bond donors (Lipinski definition) is 4. The van der Waals surface area contributed by atoms with Crippen LogP contribution in [0.3, 0.4) is 0 Å². The SMILES string of the molecule is NCCCCC(NC(=O)C1CCCN1)C(=O)N1CCCC1C(=O)O. The minimum absolute atomic E-state index is 0.176. The molecular formula is C16H28N4O4. The van der Waals surface area contributed by atoms with Crippen LogP contribution in [0.4, 0.5) is 0 Å². The minimum Gasteiger partial charge on any atom is -0.480 e. The lowest BCUT2D eigenvalue weighted by molar-refractivity contribution is -0.149. The maximum absolute atomic E-state index is 12.8. The Bertz CT molecular complexity index is 465. The first kappa shape index (κ1) is 18.7. The van der Waals surface area contributed by atoms with E-state index in [9.17, 15) is 19.5 Å². The smallest absolute Gasteiger partial charge is 0.326 e. The van der Waals surface area contributed by atoms with Crippen LogP contribution in [0.5, 0.6) is 0 Å². The van der Waals surface area contributed by atoms with Gasteiger partial charge in [-0.05, 0) is 58.0 Å². The van der Waals surface area contributed by atoms with Crippen LogP contribution in [-0.4, -0.2) is 65.5 Å². The van der Waals surface area contributed by atoms with E-state index < -0.39 is 18.1 Å². The van der Waals surface area contributed by atoms with Gasteiger partial charge in [-0.2, -0.15) is 0 Å². The molecule has 2 aliphatic heterocycles. The molecule has 24 heavy (non-hydrogen) atoms. The van der Waals surface area contributed by atoms with Crippen molar-refractivity contribution in [3.63, 3.8) is 0 Å². The third kappa shape index (κ3) is 4.67. The quantitative estimate of drug-likeness (QED) is 0.439. The predicted molar refractivity (Wildman–Crippen MR) is 88.2 cm³/mol. The Hall–Kier alpha value is -1.67. The predicted octanol–water partition coefficient (Wildman–Crippen LogP) is -0.572. The van der Waals surface area contributed by atoms with E-state index in [2.05, 4.69) is 10.6 Å². The van der Waals surface area contributed by atoms with E-state index in [4.69, 9.17) is 5.73 Å². The lowest BCUT2D eigenvalue weighted by atomic mass is 10.1. The number of hydrogen-bond acceptors (Lipinski definition) is 5. The van der Waals surface area contributed by atoms with Gasteiger partial charge in [0.1, 0.15) is 12.1 Å². The molecule has 136 valence electrons. The van der Waals surface area contributed by atoms with E-state index in [-0.39, 0.29) is 17.9 Å². The second kappa shape index (κ2) is 8.98. The molecule has 2 fully saturated rings. The molecule has 2 rings (SSSR count). The molecule has 0 bridgehead atoms. The maximum Gasteiger partial charge on any atom is 0.326 e. The van der Waals surface area contributed by atoms with Gasteiger partial charge in [-0.1, -0.05) is 0 Å². The molecule has 0 aromatic heterocycles. The van der Waals surface area contributed by atoms with Crippen molar-refractivity contribution in [1.29, 1.82) is 0 Å². The Balaban J connectivity index is 2.01. The van der Waals surface area contributed by atoms with Crippen molar-refractivity contribution in [2.24, 2.45) is 5.73 Å². The van der Waals surface area contributed by atoms with Crippen LogP contribution < -0.4 is 16.4 Å². The summed E-state index contributed by atoms with van der Waals surface area (Å²) in [6.07, 6.45) is 4.82. The van der Waals surface area contributed by atoms with Crippen LogP contribution in [-0.2, 0) is 14.4 Å². The zero-order valence-electron chi connectivity index (χ0n) is 14.0. The normalized spacial score (nSPS) is 24.8. The van der Waals surface area contributed by atoms with Crippen molar-refractivity contribution in [3.05, 3.63) is 0 Å². The summed E-state index contributed by atoms with van der Waals surface area (Å²) in [5.74, 6) is -1.45. The molecule has 0 spiro atoms. The summed E-state index contributed by atoms with van der Waals surface area (Å²) in [4.78, 5) is 37.9. The van der Waals surface area contributed by atoms with Crippen LogP contribution in [0.15, 0.2) is 0 Å². The first-order valence-corrected chi connectivity index (χ1v) is 8.81. The molecule has 0 aromatic carbocycles. The summed E-state index contributed by atoms with van der Waals surface area (Å²) >= 11 is 0. The summed E-state index contributed by atoms with van der Waals surface area (Å²) in [7, 11) is 0. The third-order valence-electron chi connectivity index (χ3n) is 4.76. The first-order valence-electron chi connectivity index (χ1n) is 8.81. The highest BCUT2D eigenvalue weighted by atomic mass is 16.4. The number of nitrogens with two attached hydrogens (primary N) is 1. The van der Waals surface area contributed by atoms with E-state index in [1.807, 2.05) is 0 Å². The van der Waals surface area contributed by atoms with Crippen molar-refractivity contribution >= 4 is 17.8 Å². The standard InChI is InChI=1S/C16H28N4O4/c17-8-2-1-5-12(19-14(21)11-6-3-9-18-11)15(22)20-10-4-7-13(20)16(23)24/h11-13,18H,1-10,17H2,(H,19,21)(H,23,24). The summed E-state index contributed by atoms with van der Waals surface area (Å²) < 4.78 is 0. The number of carbonyl (C=O) groups excluding carboxylic acids is 2. The molecule has 8 nitrogen and oxygen atoms in total. The zero-order valence-corrected chi connectivity index (χ0v) is 14.0. The molecule has 0 radical (unpaired) electrons. The van der Waals surface area contributed by atoms with Crippen LogP contribution >= 0.6 is 0 Å². The summed E-state index contributed by atoms with van der Waals surface area (Å²) in [5, 5.41) is 15.2. The van der Waals surface area contributed by atoms with Gasteiger partial charge >= 0.3 is 5.97 Å². The van der Waals surface area contributed by atoms with Crippen molar-refractivity contribution < 1.29 is 19.5 Å². The number of rotatable bonds is 8. The van der Waals surface area contributed by atoms with Gasteiger partial charge in [0.15, 0.2) is 0 Å². The number of nitrogens with zero attached hydrogens (tertiary/aromatic N) is 1. The minimum atomic E-state index is -0.981. The van der Waals surface area contributed by atoms with Gasteiger partial charge in [0.2, 0.25) is 11.8 Å². The second-order valence-corrected chi connectivity index (χ2v) is 6.52. The average molecular weight is 340 g/mol. The molecule has 3 unspecified atom stereocenters. The van der Waals surface area contributed by atoms with Gasteiger partial charge in [0, 0.05) is 6.54 Å². The molecule has 5 N–H and O–H groups in total. The lowest BCUT2D eigenvalue weighted by Gasteiger charge is -2.28. The number of likely N-dealkylation sites (tertiary alicyclic amines) is 1. The fourth-order valence-electron chi connectivity index (χ4n) is 3.42. The fraction of sp³-hybridized carbons (Fsp3) is 0.812. The van der Waals surface area contributed by atoms with E-state index >= 15 is 0 Å². The monoisotopic (exact) mass is 340 g/mol. The van der Waals surface area contributed by atoms with Crippen LogP contribution in [0, 0.1) is 0 Å². The van der Waals surface area contributed by atoms with Gasteiger partial charge in [-0.15, -0.1) is 0 Å². The van der Waals surface area contributed by atoms with E-state index in [0.29, 0.717) is 32.4 Å². The van der Waals surface area contributed by atoms with Crippen molar-refractivity contribution in [3.8, 4) is 0 Å². The molecule has 2 saturated heterocycles. The molecule has 0 aromatic rings. The molecule has 2 aliphatic rings. The molecule has 0 saturated carbocycles. The summed E-state index contributed by atoms with van der Waals surface area (Å²) in [5.41, 5.74) is 5.51. The summed E-state index contributed by atoms with van der Waals surface area (Å²) in [6, 6.07) is -1.72. The number of nitrogens with one attached hydrogen (secondary N) is 2. The molecule has 3 atom stereocenters. The second-order valence-electron chi connectivity index (χ2n) is 6.52. The highest BCUT2D eigenvalue weighted by Gasteiger charge is 2.38. The van der Waals surface area contributed by atoms with Gasteiger partial charge in [0.25, 0.3) is 0 Å². The first-order chi connectivity index (χ1) is 11.5. The highest BCUT2D eigenvalue weighted by molar-refractivity contribution is 5.92. The van der Waals surface area contributed by atoms with Gasteiger partial charge < -0.3 is 26.4 Å². The van der Waals surface area contributed by atoms with Gasteiger partial charge in [-0.25, -0.2) is 4.79 Å². The van der Waals surface area contributed by atoms with Crippen LogP contribution in [0.25, 0.3) is 0 Å². The Morgan fingerprint density at radius 3 is 2.67 bits per heavy atom. The third-order valence-corrected chi connectivity index (χ3v) is 4.76. The van der Waals surface area contributed by atoms with Crippen molar-refractivity contribution in [1.82, 2.24) is 15.5 Å². The largest absolute Gasteiger partial charge is 0.480 e. The topological polar surface area (TPSA) is 125 Å². The molecule has 2 amide bonds. The van der Waals surface area contributed by atoms with Crippen LogP contribution in [0.2, 0.25) is 0 Å². The van der Waals surface area contributed by atoms with Crippen molar-refractivity contribution in [2.75, 3.05) is 19.6 Å². The average Bonchev–Trinajstić information content (AvgIpc) is 3.24. The number of unbranched alkanes of at least 4 members (excludes halogenated alkanes) is 1. The zero-order chi connectivity index (χ0) is 17.5. The van der Waals surface area contributed by atoms with E-state index in [1.54, 1.807) is 0 Å². The highest BCUT2D eigenvalue weighted by Crippen LogP contribution is 2.20. The number of aliphatic carboxylic acids is 1. The molecule has 8 heteroatoms. The van der Waals surface area contributed by atoms with Crippen molar-refractivity contribution in [2.45, 2.75) is 63.1 Å². The molecule has 0 aliphatic carbocycles. The Morgan fingerprint density at radius 2 is 2.04 bits per heavy atom. The van der Waals surface area contributed by atoms with Gasteiger partial charge in [0.05, 0.1) is 6.04 Å². The van der Waals surface area contributed by atoms with Crippen LogP contribution in [0.1, 0.15) is 44.9 Å². The maximum atomic E-state index is 12.8. The number of amides is 2. The Labute approximate surface area is 142 Å². The fourth-order valence-corrected chi connectivity index (χ4v) is 3.42. The molecular weight excluding hydrogens is 312 g/mol. The molecule has 2 heterocycles.